The Morgan fingerprint density at radius 3 is 2.80 bits per heavy atom. The first-order valence-electron chi connectivity index (χ1n) is 4.94. The second-order valence-electron chi connectivity index (χ2n) is 3.59. The minimum absolute atomic E-state index is 0.100. The van der Waals surface area contributed by atoms with E-state index < -0.39 is 0 Å². The molecule has 0 bridgehead atoms. The van der Waals surface area contributed by atoms with E-state index in [1.807, 2.05) is 18.2 Å². The number of hydrogen-bond acceptors (Lipinski definition) is 1. The molecule has 0 aliphatic carbocycles. The van der Waals surface area contributed by atoms with Crippen molar-refractivity contribution in [3.05, 3.63) is 33.9 Å². The molecular weight excluding hydrogens is 254 g/mol. The molecule has 1 heterocycles. The van der Waals surface area contributed by atoms with Crippen molar-refractivity contribution in [2.75, 3.05) is 0 Å². The molecule has 0 fully saturated rings. The Kier molecular flexibility index (Phi) is 2.65. The van der Waals surface area contributed by atoms with E-state index in [0.717, 1.165) is 27.4 Å². The number of carbonyl (C=O) groups excluding carboxylic acids is 1. The third kappa shape index (κ3) is 1.72. The Morgan fingerprint density at radius 1 is 1.47 bits per heavy atom. The molecule has 0 saturated heterocycles. The zero-order chi connectivity index (χ0) is 11.0. The molecule has 0 spiro atoms. The van der Waals surface area contributed by atoms with Gasteiger partial charge in [-0.1, -0.05) is 6.92 Å². The average molecular weight is 266 g/mol. The molecule has 0 amide bonds. The lowest BCUT2D eigenvalue weighted by Crippen LogP contribution is -1.90. The van der Waals surface area contributed by atoms with Crippen LogP contribution in [0.3, 0.4) is 0 Å². The van der Waals surface area contributed by atoms with Gasteiger partial charge in [0, 0.05) is 26.6 Å². The minimum Gasteiger partial charge on any atom is -0.357 e. The SMILES string of the molecule is CCc1[nH]c2ccc(C(C)=O)cc2c1Br. The molecule has 1 aromatic heterocycles. The first-order chi connectivity index (χ1) is 7.13. The zero-order valence-corrected chi connectivity index (χ0v) is 10.3. The number of aromatic nitrogens is 1. The summed E-state index contributed by atoms with van der Waals surface area (Å²) in [5.74, 6) is 0.100. The molecule has 1 N–H and O–H groups in total. The Morgan fingerprint density at radius 2 is 2.20 bits per heavy atom. The molecule has 0 aliphatic rings. The zero-order valence-electron chi connectivity index (χ0n) is 8.73. The lowest BCUT2D eigenvalue weighted by Gasteiger charge is -1.95. The Balaban J connectivity index is 2.70. The largest absolute Gasteiger partial charge is 0.357 e. The van der Waals surface area contributed by atoms with E-state index in [4.69, 9.17) is 0 Å². The third-order valence-electron chi connectivity index (χ3n) is 2.57. The molecule has 0 atom stereocenters. The van der Waals surface area contributed by atoms with Crippen LogP contribution in [0, 0.1) is 0 Å². The maximum Gasteiger partial charge on any atom is 0.159 e. The molecule has 78 valence electrons. The number of H-pyrrole nitrogens is 1. The molecule has 0 unspecified atom stereocenters. The predicted molar refractivity (Wildman–Crippen MR) is 65.4 cm³/mol. The fourth-order valence-corrected chi connectivity index (χ4v) is 2.38. The summed E-state index contributed by atoms with van der Waals surface area (Å²) in [6, 6.07) is 5.74. The van der Waals surface area contributed by atoms with E-state index in [0.29, 0.717) is 0 Å². The highest BCUT2D eigenvalue weighted by Crippen LogP contribution is 2.29. The fraction of sp³-hybridized carbons (Fsp3) is 0.250. The van der Waals surface area contributed by atoms with Crippen LogP contribution >= 0.6 is 15.9 Å². The second kappa shape index (κ2) is 3.81. The van der Waals surface area contributed by atoms with Gasteiger partial charge in [-0.05, 0) is 47.5 Å². The Labute approximate surface area is 96.8 Å². The number of fused-ring (bicyclic) bond motifs is 1. The number of hydrogen-bond donors (Lipinski definition) is 1. The smallest absolute Gasteiger partial charge is 0.159 e. The first kappa shape index (κ1) is 10.4. The van der Waals surface area contributed by atoms with Crippen LogP contribution in [0.2, 0.25) is 0 Å². The van der Waals surface area contributed by atoms with Gasteiger partial charge >= 0.3 is 0 Å². The maximum atomic E-state index is 11.3. The van der Waals surface area contributed by atoms with Gasteiger partial charge in [0.05, 0.1) is 0 Å². The van der Waals surface area contributed by atoms with Gasteiger partial charge in [-0.25, -0.2) is 0 Å². The van der Waals surface area contributed by atoms with Gasteiger partial charge < -0.3 is 4.98 Å². The summed E-state index contributed by atoms with van der Waals surface area (Å²) in [6.07, 6.45) is 0.949. The summed E-state index contributed by atoms with van der Waals surface area (Å²) in [5.41, 5.74) is 3.00. The van der Waals surface area contributed by atoms with E-state index in [1.165, 1.54) is 5.69 Å². The summed E-state index contributed by atoms with van der Waals surface area (Å²) < 4.78 is 1.07. The molecule has 15 heavy (non-hydrogen) atoms. The highest BCUT2D eigenvalue weighted by molar-refractivity contribution is 9.10. The predicted octanol–water partition coefficient (Wildman–Crippen LogP) is 3.70. The van der Waals surface area contributed by atoms with Crippen molar-refractivity contribution in [2.45, 2.75) is 20.3 Å². The second-order valence-corrected chi connectivity index (χ2v) is 4.38. The lowest BCUT2D eigenvalue weighted by atomic mass is 10.1. The van der Waals surface area contributed by atoms with E-state index in [2.05, 4.69) is 27.8 Å². The standard InChI is InChI=1S/C12H12BrNO/c1-3-10-12(13)9-6-8(7(2)15)4-5-11(9)14-10/h4-6,14H,3H2,1-2H3. The Hall–Kier alpha value is -1.09. The summed E-state index contributed by atoms with van der Waals surface area (Å²) >= 11 is 3.55. The van der Waals surface area contributed by atoms with Crippen LogP contribution < -0.4 is 0 Å². The molecule has 2 nitrogen and oxygen atoms in total. The minimum atomic E-state index is 0.100. The molecule has 2 rings (SSSR count). The van der Waals surface area contributed by atoms with Crippen molar-refractivity contribution in [1.29, 1.82) is 0 Å². The maximum absolute atomic E-state index is 11.3. The quantitative estimate of drug-likeness (QED) is 0.826. The number of rotatable bonds is 2. The van der Waals surface area contributed by atoms with Crippen LogP contribution in [0.5, 0.6) is 0 Å². The van der Waals surface area contributed by atoms with Gasteiger partial charge in [-0.15, -0.1) is 0 Å². The normalized spacial score (nSPS) is 10.9. The number of halogens is 1. The first-order valence-corrected chi connectivity index (χ1v) is 5.73. The topological polar surface area (TPSA) is 32.9 Å². The van der Waals surface area contributed by atoms with Crippen molar-refractivity contribution in [3.63, 3.8) is 0 Å². The van der Waals surface area contributed by atoms with E-state index in [1.54, 1.807) is 6.92 Å². The van der Waals surface area contributed by atoms with Crippen LogP contribution in [0.15, 0.2) is 22.7 Å². The number of ketones is 1. The van der Waals surface area contributed by atoms with Crippen LogP contribution in [0.25, 0.3) is 10.9 Å². The number of Topliss-reactive ketones (excluding diaryl/α,β-unsaturated/α-hetero) is 1. The van der Waals surface area contributed by atoms with Crippen LogP contribution in [0.1, 0.15) is 29.9 Å². The van der Waals surface area contributed by atoms with Gasteiger partial charge in [0.1, 0.15) is 0 Å². The number of aryl methyl sites for hydroxylation is 1. The molecule has 0 saturated carbocycles. The molecule has 3 heteroatoms. The monoisotopic (exact) mass is 265 g/mol. The summed E-state index contributed by atoms with van der Waals surface area (Å²) in [6.45, 7) is 3.68. The van der Waals surface area contributed by atoms with Crippen molar-refractivity contribution < 1.29 is 4.79 Å². The summed E-state index contributed by atoms with van der Waals surface area (Å²) in [5, 5.41) is 1.08. The van der Waals surface area contributed by atoms with Crippen molar-refractivity contribution in [3.8, 4) is 0 Å². The van der Waals surface area contributed by atoms with Crippen LogP contribution in [-0.2, 0) is 6.42 Å². The number of benzene rings is 1. The molecule has 0 radical (unpaired) electrons. The summed E-state index contributed by atoms with van der Waals surface area (Å²) in [7, 11) is 0. The van der Waals surface area contributed by atoms with Gasteiger partial charge in [0.25, 0.3) is 0 Å². The number of aromatic amines is 1. The van der Waals surface area contributed by atoms with Crippen LogP contribution in [-0.4, -0.2) is 10.8 Å². The average Bonchev–Trinajstić information content (AvgIpc) is 2.55. The molecule has 2 aromatic rings. The third-order valence-corrected chi connectivity index (χ3v) is 3.47. The van der Waals surface area contributed by atoms with Crippen molar-refractivity contribution in [1.82, 2.24) is 4.98 Å². The van der Waals surface area contributed by atoms with Gasteiger partial charge in [0.2, 0.25) is 0 Å². The number of carbonyl (C=O) groups is 1. The van der Waals surface area contributed by atoms with Gasteiger partial charge in [0.15, 0.2) is 5.78 Å². The van der Waals surface area contributed by atoms with Crippen molar-refractivity contribution in [2.24, 2.45) is 0 Å². The highest BCUT2D eigenvalue weighted by Gasteiger charge is 2.09. The van der Waals surface area contributed by atoms with Crippen LogP contribution in [0.4, 0.5) is 0 Å². The Bertz CT molecular complexity index is 528. The lowest BCUT2D eigenvalue weighted by molar-refractivity contribution is 0.101. The molecule has 1 aromatic carbocycles. The number of nitrogens with one attached hydrogen (secondary N) is 1. The fourth-order valence-electron chi connectivity index (χ4n) is 1.68. The van der Waals surface area contributed by atoms with E-state index in [9.17, 15) is 4.79 Å². The van der Waals surface area contributed by atoms with Crippen molar-refractivity contribution >= 4 is 32.6 Å². The van der Waals surface area contributed by atoms with E-state index in [-0.39, 0.29) is 5.78 Å². The highest BCUT2D eigenvalue weighted by atomic mass is 79.9. The molecular formula is C12H12BrNO. The summed E-state index contributed by atoms with van der Waals surface area (Å²) in [4.78, 5) is 14.6. The van der Waals surface area contributed by atoms with E-state index >= 15 is 0 Å². The van der Waals surface area contributed by atoms with Gasteiger partial charge in [-0.3, -0.25) is 4.79 Å². The van der Waals surface area contributed by atoms with Gasteiger partial charge in [-0.2, -0.15) is 0 Å². The molecule has 0 aliphatic heterocycles.